The summed E-state index contributed by atoms with van der Waals surface area (Å²) in [6.07, 6.45) is 5.11. The Hall–Kier alpha value is -2.93. The standard InChI is InChI=1S/C20H21N5OS/c1-4-11-22-19(26)15(3)27-20-24-23-18(16-9-12-21-13-10-16)25(20)17-7-5-14(2)6-8-17/h4-10,12-13,15H,1,11H2,2-3H3,(H,22,26). The van der Waals surface area contributed by atoms with Crippen LogP contribution in [0.1, 0.15) is 12.5 Å². The van der Waals surface area contributed by atoms with Gasteiger partial charge in [0.1, 0.15) is 0 Å². The molecule has 3 rings (SSSR count). The first-order chi connectivity index (χ1) is 13.1. The zero-order chi connectivity index (χ0) is 19.2. The Morgan fingerprint density at radius 2 is 1.93 bits per heavy atom. The Bertz CT molecular complexity index is 921. The van der Waals surface area contributed by atoms with Crippen LogP contribution in [0.4, 0.5) is 0 Å². The van der Waals surface area contributed by atoms with E-state index >= 15 is 0 Å². The molecule has 1 atom stereocenters. The van der Waals surface area contributed by atoms with Crippen molar-refractivity contribution in [1.82, 2.24) is 25.1 Å². The lowest BCUT2D eigenvalue weighted by Gasteiger charge is -2.13. The van der Waals surface area contributed by atoms with Crippen molar-refractivity contribution in [2.45, 2.75) is 24.3 Å². The highest BCUT2D eigenvalue weighted by molar-refractivity contribution is 8.00. The first kappa shape index (κ1) is 18.8. The predicted octanol–water partition coefficient (Wildman–Crippen LogP) is 3.42. The number of pyridine rings is 1. The van der Waals surface area contributed by atoms with E-state index in [1.807, 2.05) is 54.8 Å². The van der Waals surface area contributed by atoms with E-state index in [2.05, 4.69) is 27.1 Å². The molecule has 0 bridgehead atoms. The smallest absolute Gasteiger partial charge is 0.233 e. The zero-order valence-corrected chi connectivity index (χ0v) is 16.1. The van der Waals surface area contributed by atoms with E-state index in [9.17, 15) is 4.79 Å². The van der Waals surface area contributed by atoms with Gasteiger partial charge in [0.25, 0.3) is 0 Å². The summed E-state index contributed by atoms with van der Waals surface area (Å²) >= 11 is 1.37. The van der Waals surface area contributed by atoms with Gasteiger partial charge in [-0.1, -0.05) is 35.5 Å². The molecular weight excluding hydrogens is 358 g/mol. The van der Waals surface area contributed by atoms with Gasteiger partial charge >= 0.3 is 0 Å². The molecule has 0 fully saturated rings. The van der Waals surface area contributed by atoms with Crippen LogP contribution in [0.2, 0.25) is 0 Å². The van der Waals surface area contributed by atoms with Gasteiger partial charge in [0.15, 0.2) is 11.0 Å². The summed E-state index contributed by atoms with van der Waals surface area (Å²) in [6.45, 7) is 7.96. The lowest BCUT2D eigenvalue weighted by atomic mass is 10.2. The number of rotatable bonds is 7. The highest BCUT2D eigenvalue weighted by atomic mass is 32.2. The Labute approximate surface area is 162 Å². The minimum atomic E-state index is -0.316. The second-order valence-corrected chi connectivity index (χ2v) is 7.31. The molecule has 3 aromatic rings. The molecule has 0 spiro atoms. The number of nitrogens with one attached hydrogen (secondary N) is 1. The third-order valence-corrected chi connectivity index (χ3v) is 4.98. The second kappa shape index (κ2) is 8.64. The van der Waals surface area contributed by atoms with E-state index < -0.39 is 0 Å². The number of aryl methyl sites for hydroxylation is 1. The van der Waals surface area contributed by atoms with E-state index in [-0.39, 0.29) is 11.2 Å². The van der Waals surface area contributed by atoms with E-state index in [0.29, 0.717) is 17.5 Å². The maximum Gasteiger partial charge on any atom is 0.233 e. The summed E-state index contributed by atoms with van der Waals surface area (Å²) in [6, 6.07) is 11.9. The molecule has 0 aliphatic rings. The van der Waals surface area contributed by atoms with Crippen molar-refractivity contribution >= 4 is 17.7 Å². The fourth-order valence-electron chi connectivity index (χ4n) is 2.49. The first-order valence-corrected chi connectivity index (χ1v) is 9.46. The Morgan fingerprint density at radius 1 is 1.22 bits per heavy atom. The van der Waals surface area contributed by atoms with Crippen molar-refractivity contribution in [2.24, 2.45) is 0 Å². The third-order valence-electron chi connectivity index (χ3n) is 3.94. The molecule has 1 unspecified atom stereocenters. The molecule has 138 valence electrons. The zero-order valence-electron chi connectivity index (χ0n) is 15.3. The molecule has 1 aromatic carbocycles. The van der Waals surface area contributed by atoms with Gasteiger partial charge < -0.3 is 5.32 Å². The SMILES string of the molecule is C=CCNC(=O)C(C)Sc1nnc(-c2ccncc2)n1-c1ccc(C)cc1. The Balaban J connectivity index is 1.99. The van der Waals surface area contributed by atoms with Crippen molar-refractivity contribution in [3.05, 3.63) is 67.0 Å². The molecule has 0 aliphatic heterocycles. The van der Waals surface area contributed by atoms with E-state index in [1.165, 1.54) is 17.3 Å². The largest absolute Gasteiger partial charge is 0.352 e. The van der Waals surface area contributed by atoms with Crippen LogP contribution in [0.15, 0.2) is 66.6 Å². The van der Waals surface area contributed by atoms with Gasteiger partial charge in [-0.3, -0.25) is 14.3 Å². The lowest BCUT2D eigenvalue weighted by molar-refractivity contribution is -0.120. The molecule has 0 radical (unpaired) electrons. The number of benzene rings is 1. The van der Waals surface area contributed by atoms with Gasteiger partial charge in [0.2, 0.25) is 5.91 Å². The van der Waals surface area contributed by atoms with Crippen LogP contribution >= 0.6 is 11.8 Å². The predicted molar refractivity (Wildman–Crippen MR) is 108 cm³/mol. The summed E-state index contributed by atoms with van der Waals surface area (Å²) in [4.78, 5) is 16.3. The van der Waals surface area contributed by atoms with Gasteiger partial charge in [0.05, 0.1) is 5.25 Å². The van der Waals surface area contributed by atoms with E-state index in [0.717, 1.165) is 11.3 Å². The highest BCUT2D eigenvalue weighted by Gasteiger charge is 2.21. The van der Waals surface area contributed by atoms with Crippen LogP contribution in [0.25, 0.3) is 17.1 Å². The quantitative estimate of drug-likeness (QED) is 0.503. The molecule has 2 heterocycles. The number of hydrogen-bond acceptors (Lipinski definition) is 5. The van der Waals surface area contributed by atoms with Crippen LogP contribution in [-0.4, -0.2) is 37.5 Å². The van der Waals surface area contributed by atoms with Crippen LogP contribution in [0.3, 0.4) is 0 Å². The second-order valence-electron chi connectivity index (χ2n) is 6.01. The minimum absolute atomic E-state index is 0.0659. The van der Waals surface area contributed by atoms with E-state index in [1.54, 1.807) is 18.5 Å². The molecule has 2 aromatic heterocycles. The molecule has 7 heteroatoms. The van der Waals surface area contributed by atoms with E-state index in [4.69, 9.17) is 0 Å². The van der Waals surface area contributed by atoms with Crippen molar-refractivity contribution in [3.63, 3.8) is 0 Å². The number of carbonyl (C=O) groups excluding carboxylic acids is 1. The number of hydrogen-bond donors (Lipinski definition) is 1. The van der Waals surface area contributed by atoms with Crippen LogP contribution in [-0.2, 0) is 4.79 Å². The maximum absolute atomic E-state index is 12.2. The highest BCUT2D eigenvalue weighted by Crippen LogP contribution is 2.30. The Kier molecular flexibility index (Phi) is 6.03. The number of carbonyl (C=O) groups is 1. The molecule has 0 saturated carbocycles. The third kappa shape index (κ3) is 4.43. The summed E-state index contributed by atoms with van der Waals surface area (Å²) in [7, 11) is 0. The van der Waals surface area contributed by atoms with Crippen molar-refractivity contribution in [1.29, 1.82) is 0 Å². The number of amides is 1. The number of thioether (sulfide) groups is 1. The molecule has 1 amide bonds. The van der Waals surface area contributed by atoms with Crippen LogP contribution in [0, 0.1) is 6.92 Å². The summed E-state index contributed by atoms with van der Waals surface area (Å²) < 4.78 is 1.97. The summed E-state index contributed by atoms with van der Waals surface area (Å²) in [5.74, 6) is 0.645. The fourth-order valence-corrected chi connectivity index (χ4v) is 3.38. The van der Waals surface area contributed by atoms with Crippen molar-refractivity contribution in [2.75, 3.05) is 6.54 Å². The van der Waals surface area contributed by atoms with Gasteiger partial charge in [0, 0.05) is 30.2 Å². The van der Waals surface area contributed by atoms with Crippen LogP contribution < -0.4 is 5.32 Å². The van der Waals surface area contributed by atoms with Gasteiger partial charge in [-0.05, 0) is 38.1 Å². The average Bonchev–Trinajstić information content (AvgIpc) is 3.10. The minimum Gasteiger partial charge on any atom is -0.352 e. The summed E-state index contributed by atoms with van der Waals surface area (Å²) in [5, 5.41) is 11.9. The number of nitrogens with zero attached hydrogens (tertiary/aromatic N) is 4. The molecule has 27 heavy (non-hydrogen) atoms. The molecule has 0 aliphatic carbocycles. The van der Waals surface area contributed by atoms with Crippen molar-refractivity contribution < 1.29 is 4.79 Å². The maximum atomic E-state index is 12.2. The van der Waals surface area contributed by atoms with Gasteiger partial charge in [-0.25, -0.2) is 0 Å². The molecule has 0 saturated heterocycles. The van der Waals surface area contributed by atoms with Gasteiger partial charge in [-0.2, -0.15) is 0 Å². The normalized spacial score (nSPS) is 11.8. The monoisotopic (exact) mass is 379 g/mol. The first-order valence-electron chi connectivity index (χ1n) is 8.58. The van der Waals surface area contributed by atoms with Crippen LogP contribution in [0.5, 0.6) is 0 Å². The average molecular weight is 379 g/mol. The number of aromatic nitrogens is 4. The fraction of sp³-hybridized carbons (Fsp3) is 0.200. The lowest BCUT2D eigenvalue weighted by Crippen LogP contribution is -2.31. The molecular formula is C20H21N5OS. The molecule has 6 nitrogen and oxygen atoms in total. The van der Waals surface area contributed by atoms with Crippen molar-refractivity contribution in [3.8, 4) is 17.1 Å². The summed E-state index contributed by atoms with van der Waals surface area (Å²) in [5.41, 5.74) is 3.02. The van der Waals surface area contributed by atoms with Gasteiger partial charge in [-0.15, -0.1) is 16.8 Å². The Morgan fingerprint density at radius 3 is 2.59 bits per heavy atom. The molecule has 1 N–H and O–H groups in total. The topological polar surface area (TPSA) is 72.7 Å².